The highest BCUT2D eigenvalue weighted by Gasteiger charge is 2.30. The monoisotopic (exact) mass is 376 g/mol. The Hall–Kier alpha value is -3.89. The minimum absolute atomic E-state index is 0.447. The van der Waals surface area contributed by atoms with Gasteiger partial charge in [-0.3, -0.25) is 35.3 Å². The van der Waals surface area contributed by atoms with Crippen molar-refractivity contribution in [1.82, 2.24) is 4.98 Å². The summed E-state index contributed by atoms with van der Waals surface area (Å²) in [5, 5.41) is 40.2. The summed E-state index contributed by atoms with van der Waals surface area (Å²) >= 11 is 0. The number of aromatic nitrogens is 1. The molecule has 0 aliphatic rings. The molecule has 11 nitrogen and oxygen atoms in total. The summed E-state index contributed by atoms with van der Waals surface area (Å²) in [6.45, 7) is 7.81. The fourth-order valence-electron chi connectivity index (χ4n) is 2.07. The molecule has 11 heteroatoms. The summed E-state index contributed by atoms with van der Waals surface area (Å²) in [5.74, 6) is -1.21. The number of pyridine rings is 1. The highest BCUT2D eigenvalue weighted by atomic mass is 16.6. The van der Waals surface area contributed by atoms with Crippen LogP contribution in [0.2, 0.25) is 0 Å². The third-order valence-corrected chi connectivity index (χ3v) is 3.32. The van der Waals surface area contributed by atoms with Crippen LogP contribution >= 0.6 is 0 Å². The number of nitrogens with zero attached hydrogens (tertiary/aromatic N) is 4. The fourth-order valence-corrected chi connectivity index (χ4v) is 2.07. The third-order valence-electron chi connectivity index (χ3n) is 3.32. The summed E-state index contributed by atoms with van der Waals surface area (Å²) < 4.78 is 0. The first-order chi connectivity index (χ1) is 12.6. The molecule has 0 fully saturated rings. The van der Waals surface area contributed by atoms with E-state index in [0.29, 0.717) is 12.1 Å². The fraction of sp³-hybridized carbons (Fsp3) is 0.188. The van der Waals surface area contributed by atoms with Crippen molar-refractivity contribution in [1.29, 1.82) is 0 Å². The first-order valence-electron chi connectivity index (χ1n) is 7.41. The Morgan fingerprint density at radius 3 is 1.93 bits per heavy atom. The van der Waals surface area contributed by atoms with E-state index in [1.807, 2.05) is 12.3 Å². The molecular weight excluding hydrogens is 360 g/mol. The Labute approximate surface area is 153 Å². The molecule has 1 aromatic heterocycles. The normalized spacial score (nSPS) is 9.70. The number of nitro groups is 3. The topological polar surface area (TPSA) is 163 Å². The van der Waals surface area contributed by atoms with Crippen LogP contribution in [-0.4, -0.2) is 24.9 Å². The van der Waals surface area contributed by atoms with Crippen molar-refractivity contribution in [3.8, 4) is 5.75 Å². The predicted molar refractivity (Wildman–Crippen MR) is 95.7 cm³/mol. The van der Waals surface area contributed by atoms with E-state index < -0.39 is 37.6 Å². The van der Waals surface area contributed by atoms with Crippen molar-refractivity contribution in [2.75, 3.05) is 0 Å². The van der Waals surface area contributed by atoms with Gasteiger partial charge in [0.25, 0.3) is 11.4 Å². The van der Waals surface area contributed by atoms with E-state index >= 15 is 0 Å². The van der Waals surface area contributed by atoms with Gasteiger partial charge in [-0.05, 0) is 25.0 Å². The van der Waals surface area contributed by atoms with Gasteiger partial charge < -0.3 is 5.11 Å². The average molecular weight is 376 g/mol. The first kappa shape index (κ1) is 21.2. The van der Waals surface area contributed by atoms with Crippen molar-refractivity contribution in [2.45, 2.75) is 20.3 Å². The Balaban J connectivity index is 0.000000289. The molecule has 1 heterocycles. The van der Waals surface area contributed by atoms with Crippen LogP contribution in [0.25, 0.3) is 0 Å². The molecule has 1 aromatic carbocycles. The molecule has 0 radical (unpaired) electrons. The van der Waals surface area contributed by atoms with E-state index in [1.165, 1.54) is 11.1 Å². The molecule has 1 N–H and O–H groups in total. The zero-order chi connectivity index (χ0) is 20.7. The van der Waals surface area contributed by atoms with Gasteiger partial charge in [0.2, 0.25) is 0 Å². The van der Waals surface area contributed by atoms with Crippen molar-refractivity contribution in [3.63, 3.8) is 0 Å². The highest BCUT2D eigenvalue weighted by molar-refractivity contribution is 5.64. The number of aryl methyl sites for hydroxylation is 2. The number of phenols is 1. The smallest absolute Gasteiger partial charge is 0.324 e. The standard InChI is InChI=1S/C10H13N.C6H3N3O7/c1-4-5-10-9(3)6-8(2)7-11-10;10-6-4(8(13)14)1-3(7(11)12)2-5(6)9(15)16/h4,6-7H,1,5H2,2-3H3;1-2,10H. The van der Waals surface area contributed by atoms with Gasteiger partial charge in [0, 0.05) is 18.3 Å². The molecule has 2 aromatic rings. The summed E-state index contributed by atoms with van der Waals surface area (Å²) in [4.78, 5) is 32.1. The highest BCUT2D eigenvalue weighted by Crippen LogP contribution is 2.38. The Kier molecular flexibility index (Phi) is 7.04. The van der Waals surface area contributed by atoms with Crippen LogP contribution in [0.15, 0.2) is 37.1 Å². The minimum atomic E-state index is -1.21. The number of aromatic hydroxyl groups is 1. The second-order valence-electron chi connectivity index (χ2n) is 5.37. The molecule has 0 unspecified atom stereocenters. The molecule has 0 saturated heterocycles. The maximum Gasteiger partial charge on any atom is 0.324 e. The minimum Gasteiger partial charge on any atom is -0.497 e. The lowest BCUT2D eigenvalue weighted by atomic mass is 10.1. The van der Waals surface area contributed by atoms with Crippen LogP contribution in [0, 0.1) is 44.2 Å². The quantitative estimate of drug-likeness (QED) is 0.470. The summed E-state index contributed by atoms with van der Waals surface area (Å²) in [7, 11) is 0. The SMILES string of the molecule is C=CCc1ncc(C)cc1C.O=[N+]([O-])c1cc([N+](=O)[O-])c(O)c([N+](=O)[O-])c1. The maximum atomic E-state index is 10.4. The molecule has 0 aliphatic carbocycles. The Bertz CT molecular complexity index is 877. The van der Waals surface area contributed by atoms with Crippen molar-refractivity contribution in [2.24, 2.45) is 0 Å². The molecule has 0 saturated carbocycles. The lowest BCUT2D eigenvalue weighted by Crippen LogP contribution is -1.97. The number of hydrogen-bond donors (Lipinski definition) is 1. The van der Waals surface area contributed by atoms with Crippen molar-refractivity contribution < 1.29 is 19.9 Å². The zero-order valence-corrected chi connectivity index (χ0v) is 14.5. The number of non-ortho nitro benzene ring substituents is 1. The van der Waals surface area contributed by atoms with Gasteiger partial charge in [-0.1, -0.05) is 12.1 Å². The molecule has 0 aliphatic heterocycles. The second-order valence-corrected chi connectivity index (χ2v) is 5.37. The van der Waals surface area contributed by atoms with Crippen LogP contribution < -0.4 is 0 Å². The number of nitro benzene ring substituents is 3. The van der Waals surface area contributed by atoms with Crippen LogP contribution in [-0.2, 0) is 6.42 Å². The molecular formula is C16H16N4O7. The van der Waals surface area contributed by atoms with Gasteiger partial charge in [0.1, 0.15) is 0 Å². The molecule has 0 bridgehead atoms. The summed E-state index contributed by atoms with van der Waals surface area (Å²) in [5.41, 5.74) is 0.601. The van der Waals surface area contributed by atoms with E-state index in [1.54, 1.807) is 0 Å². The lowest BCUT2D eigenvalue weighted by molar-refractivity contribution is -0.404. The van der Waals surface area contributed by atoms with E-state index in [2.05, 4.69) is 31.5 Å². The first-order valence-corrected chi connectivity index (χ1v) is 7.41. The van der Waals surface area contributed by atoms with Gasteiger partial charge in [-0.2, -0.15) is 0 Å². The summed E-state index contributed by atoms with van der Waals surface area (Å²) in [6, 6.07) is 3.04. The predicted octanol–water partition coefficient (Wildman–Crippen LogP) is 3.54. The number of phenolic OH excluding ortho intramolecular Hbond substituents is 1. The largest absolute Gasteiger partial charge is 0.497 e. The number of allylic oxidation sites excluding steroid dienone is 1. The molecule has 0 spiro atoms. The van der Waals surface area contributed by atoms with E-state index in [9.17, 15) is 30.3 Å². The molecule has 142 valence electrons. The number of hydrogen-bond acceptors (Lipinski definition) is 8. The van der Waals surface area contributed by atoms with Crippen LogP contribution in [0.4, 0.5) is 17.1 Å². The Morgan fingerprint density at radius 1 is 1.04 bits per heavy atom. The van der Waals surface area contributed by atoms with E-state index in [0.717, 1.165) is 12.1 Å². The third kappa shape index (κ3) is 5.56. The number of benzene rings is 1. The Morgan fingerprint density at radius 2 is 1.56 bits per heavy atom. The van der Waals surface area contributed by atoms with Gasteiger partial charge >= 0.3 is 11.4 Å². The van der Waals surface area contributed by atoms with Gasteiger partial charge in [0.05, 0.1) is 26.9 Å². The average Bonchev–Trinajstić information content (AvgIpc) is 2.57. The van der Waals surface area contributed by atoms with Crippen LogP contribution in [0.1, 0.15) is 16.8 Å². The number of rotatable bonds is 5. The molecule has 0 amide bonds. The van der Waals surface area contributed by atoms with Crippen molar-refractivity contribution in [3.05, 3.63) is 84.2 Å². The summed E-state index contributed by atoms with van der Waals surface area (Å²) in [6.07, 6.45) is 4.64. The zero-order valence-electron chi connectivity index (χ0n) is 14.5. The van der Waals surface area contributed by atoms with E-state index in [4.69, 9.17) is 5.11 Å². The molecule has 0 atom stereocenters. The van der Waals surface area contributed by atoms with Gasteiger partial charge in [-0.15, -0.1) is 6.58 Å². The van der Waals surface area contributed by atoms with Crippen LogP contribution in [0.5, 0.6) is 5.75 Å². The van der Waals surface area contributed by atoms with Gasteiger partial charge in [0.15, 0.2) is 0 Å². The van der Waals surface area contributed by atoms with E-state index in [-0.39, 0.29) is 0 Å². The van der Waals surface area contributed by atoms with Crippen LogP contribution in [0.3, 0.4) is 0 Å². The molecule has 27 heavy (non-hydrogen) atoms. The molecule has 2 rings (SSSR count). The maximum absolute atomic E-state index is 10.4. The second kappa shape index (κ2) is 8.99. The van der Waals surface area contributed by atoms with Crippen molar-refractivity contribution >= 4 is 17.1 Å². The lowest BCUT2D eigenvalue weighted by Gasteiger charge is -2.01. The van der Waals surface area contributed by atoms with Gasteiger partial charge in [-0.25, -0.2) is 0 Å².